The van der Waals surface area contributed by atoms with Crippen LogP contribution in [0, 0.1) is 14.9 Å². The van der Waals surface area contributed by atoms with Crippen LogP contribution < -0.4 is 5.73 Å². The van der Waals surface area contributed by atoms with Gasteiger partial charge in [0.15, 0.2) is 0 Å². The second kappa shape index (κ2) is 4.49. The Balaban J connectivity index is 2.61. The number of aromatic nitrogens is 1. The second-order valence-electron chi connectivity index (χ2n) is 3.27. The van der Waals surface area contributed by atoms with Crippen molar-refractivity contribution >= 4 is 28.3 Å². The van der Waals surface area contributed by atoms with Gasteiger partial charge in [-0.3, -0.25) is 4.98 Å². The van der Waals surface area contributed by atoms with Gasteiger partial charge in [0, 0.05) is 16.0 Å². The van der Waals surface area contributed by atoms with Gasteiger partial charge in [0.25, 0.3) is 0 Å². The SMILES string of the molecule is N#Cc1cc(-c2ccncc2)cc(I)c1N. The molecule has 4 heteroatoms. The van der Waals surface area contributed by atoms with E-state index in [-0.39, 0.29) is 0 Å². The Kier molecular flexibility index (Phi) is 3.06. The van der Waals surface area contributed by atoms with E-state index < -0.39 is 0 Å². The standard InChI is InChI=1S/C12H8IN3/c13-11-6-9(5-10(7-14)12(11)15)8-1-3-16-4-2-8/h1-6H,15H2. The first-order chi connectivity index (χ1) is 7.72. The van der Waals surface area contributed by atoms with Gasteiger partial charge >= 0.3 is 0 Å². The summed E-state index contributed by atoms with van der Waals surface area (Å²) < 4.78 is 0.892. The Hall–Kier alpha value is -1.61. The monoisotopic (exact) mass is 321 g/mol. The van der Waals surface area contributed by atoms with Crippen LogP contribution in [0.25, 0.3) is 11.1 Å². The fourth-order valence-electron chi connectivity index (χ4n) is 1.42. The highest BCUT2D eigenvalue weighted by atomic mass is 127. The van der Waals surface area contributed by atoms with Crippen LogP contribution in [-0.2, 0) is 0 Å². The van der Waals surface area contributed by atoms with Crippen LogP contribution in [-0.4, -0.2) is 4.98 Å². The summed E-state index contributed by atoms with van der Waals surface area (Å²) in [4.78, 5) is 3.96. The summed E-state index contributed by atoms with van der Waals surface area (Å²) in [6, 6.07) is 9.67. The van der Waals surface area contributed by atoms with Gasteiger partial charge in [0.1, 0.15) is 6.07 Å². The topological polar surface area (TPSA) is 62.7 Å². The van der Waals surface area contributed by atoms with Crippen molar-refractivity contribution in [1.29, 1.82) is 5.26 Å². The first-order valence-electron chi connectivity index (χ1n) is 4.62. The molecule has 0 saturated heterocycles. The third-order valence-corrected chi connectivity index (χ3v) is 3.16. The van der Waals surface area contributed by atoms with E-state index in [0.29, 0.717) is 11.3 Å². The number of benzene rings is 1. The van der Waals surface area contributed by atoms with Crippen LogP contribution in [0.15, 0.2) is 36.7 Å². The number of nitrogens with two attached hydrogens (primary N) is 1. The lowest BCUT2D eigenvalue weighted by Gasteiger charge is -2.06. The van der Waals surface area contributed by atoms with Crippen molar-refractivity contribution in [2.75, 3.05) is 5.73 Å². The van der Waals surface area contributed by atoms with E-state index in [4.69, 9.17) is 11.0 Å². The number of pyridine rings is 1. The van der Waals surface area contributed by atoms with Gasteiger partial charge in [0.05, 0.1) is 11.3 Å². The highest BCUT2D eigenvalue weighted by Gasteiger charge is 2.06. The van der Waals surface area contributed by atoms with Gasteiger partial charge in [-0.25, -0.2) is 0 Å². The quantitative estimate of drug-likeness (QED) is 0.649. The predicted octanol–water partition coefficient (Wildman–Crippen LogP) is 2.81. The van der Waals surface area contributed by atoms with E-state index >= 15 is 0 Å². The summed E-state index contributed by atoms with van der Waals surface area (Å²) in [7, 11) is 0. The molecule has 0 aliphatic carbocycles. The molecule has 3 nitrogen and oxygen atoms in total. The number of halogens is 1. The maximum Gasteiger partial charge on any atom is 0.101 e. The van der Waals surface area contributed by atoms with Gasteiger partial charge in [0.2, 0.25) is 0 Å². The van der Waals surface area contributed by atoms with Crippen LogP contribution in [0.4, 0.5) is 5.69 Å². The molecule has 2 aromatic rings. The van der Waals surface area contributed by atoms with Crippen LogP contribution >= 0.6 is 22.6 Å². The molecular formula is C12H8IN3. The Morgan fingerprint density at radius 3 is 2.50 bits per heavy atom. The fourth-order valence-corrected chi connectivity index (χ4v) is 2.05. The van der Waals surface area contributed by atoms with Crippen molar-refractivity contribution < 1.29 is 0 Å². The molecule has 78 valence electrons. The van der Waals surface area contributed by atoms with Crippen molar-refractivity contribution in [2.45, 2.75) is 0 Å². The highest BCUT2D eigenvalue weighted by molar-refractivity contribution is 14.1. The number of nitrogen functional groups attached to an aromatic ring is 1. The Labute approximate surface area is 107 Å². The first-order valence-corrected chi connectivity index (χ1v) is 5.70. The summed E-state index contributed by atoms with van der Waals surface area (Å²) in [5.74, 6) is 0. The zero-order valence-corrected chi connectivity index (χ0v) is 10.5. The molecule has 0 radical (unpaired) electrons. The lowest BCUT2D eigenvalue weighted by molar-refractivity contribution is 1.33. The number of rotatable bonds is 1. The molecule has 0 saturated carbocycles. The molecule has 0 bridgehead atoms. The molecular weight excluding hydrogens is 313 g/mol. The largest absolute Gasteiger partial charge is 0.397 e. The van der Waals surface area contributed by atoms with Crippen molar-refractivity contribution in [3.8, 4) is 17.2 Å². The summed E-state index contributed by atoms with van der Waals surface area (Å²) in [5.41, 5.74) is 8.87. The number of nitrogens with zero attached hydrogens (tertiary/aromatic N) is 2. The smallest absolute Gasteiger partial charge is 0.101 e. The van der Waals surface area contributed by atoms with Crippen LogP contribution in [0.2, 0.25) is 0 Å². The van der Waals surface area contributed by atoms with Crippen molar-refractivity contribution in [1.82, 2.24) is 4.98 Å². The van der Waals surface area contributed by atoms with Gasteiger partial charge in [-0.15, -0.1) is 0 Å². The predicted molar refractivity (Wildman–Crippen MR) is 71.5 cm³/mol. The number of hydrogen-bond donors (Lipinski definition) is 1. The molecule has 0 amide bonds. The Morgan fingerprint density at radius 2 is 1.88 bits per heavy atom. The summed E-state index contributed by atoms with van der Waals surface area (Å²) in [5, 5.41) is 8.97. The lowest BCUT2D eigenvalue weighted by Crippen LogP contribution is -1.95. The summed E-state index contributed by atoms with van der Waals surface area (Å²) in [6.45, 7) is 0. The molecule has 1 heterocycles. The summed E-state index contributed by atoms with van der Waals surface area (Å²) in [6.07, 6.45) is 3.45. The van der Waals surface area contributed by atoms with Gasteiger partial charge in [-0.2, -0.15) is 5.26 Å². The summed E-state index contributed by atoms with van der Waals surface area (Å²) >= 11 is 2.13. The molecule has 0 aliphatic heterocycles. The molecule has 2 rings (SSSR count). The maximum absolute atomic E-state index is 8.97. The van der Waals surface area contributed by atoms with Crippen LogP contribution in [0.5, 0.6) is 0 Å². The Bertz CT molecular complexity index is 558. The van der Waals surface area contributed by atoms with Crippen molar-refractivity contribution in [3.63, 3.8) is 0 Å². The number of nitriles is 1. The zero-order valence-electron chi connectivity index (χ0n) is 8.31. The van der Waals surface area contributed by atoms with E-state index in [1.54, 1.807) is 18.5 Å². The minimum atomic E-state index is 0.513. The van der Waals surface area contributed by atoms with Gasteiger partial charge in [-0.1, -0.05) is 0 Å². The molecule has 1 aromatic carbocycles. The molecule has 1 aromatic heterocycles. The Morgan fingerprint density at radius 1 is 1.19 bits per heavy atom. The molecule has 0 fully saturated rings. The third-order valence-electron chi connectivity index (χ3n) is 2.26. The first kappa shape index (κ1) is 10.9. The van der Waals surface area contributed by atoms with E-state index in [2.05, 4.69) is 33.6 Å². The second-order valence-corrected chi connectivity index (χ2v) is 4.43. The van der Waals surface area contributed by atoms with Crippen LogP contribution in [0.1, 0.15) is 5.56 Å². The van der Waals surface area contributed by atoms with E-state index in [0.717, 1.165) is 14.7 Å². The third kappa shape index (κ3) is 1.99. The van der Waals surface area contributed by atoms with E-state index in [1.165, 1.54) is 0 Å². The van der Waals surface area contributed by atoms with Crippen molar-refractivity contribution in [2.24, 2.45) is 0 Å². The van der Waals surface area contributed by atoms with Gasteiger partial charge in [-0.05, 0) is 58.0 Å². The fraction of sp³-hybridized carbons (Fsp3) is 0. The number of hydrogen-bond acceptors (Lipinski definition) is 3. The molecule has 0 spiro atoms. The molecule has 2 N–H and O–H groups in total. The van der Waals surface area contributed by atoms with Crippen molar-refractivity contribution in [3.05, 3.63) is 45.8 Å². The average Bonchev–Trinajstić information content (AvgIpc) is 2.33. The van der Waals surface area contributed by atoms with E-state index in [1.807, 2.05) is 18.2 Å². The van der Waals surface area contributed by atoms with Gasteiger partial charge < -0.3 is 5.73 Å². The minimum Gasteiger partial charge on any atom is -0.397 e. The highest BCUT2D eigenvalue weighted by Crippen LogP contribution is 2.27. The molecule has 0 unspecified atom stereocenters. The number of anilines is 1. The normalized spacial score (nSPS) is 9.75. The average molecular weight is 321 g/mol. The molecule has 0 aliphatic rings. The maximum atomic E-state index is 8.97. The van der Waals surface area contributed by atoms with Crippen LogP contribution in [0.3, 0.4) is 0 Å². The molecule has 0 atom stereocenters. The molecule has 16 heavy (non-hydrogen) atoms. The lowest BCUT2D eigenvalue weighted by atomic mass is 10.0. The zero-order chi connectivity index (χ0) is 11.5. The van der Waals surface area contributed by atoms with E-state index in [9.17, 15) is 0 Å². The minimum absolute atomic E-state index is 0.513.